The number of aromatic nitrogens is 4. The molecule has 0 amide bonds. The zero-order valence-electron chi connectivity index (χ0n) is 14.3. The fraction of sp³-hybridized carbons (Fsp3) is 0.105. The minimum atomic E-state index is 0.420. The predicted octanol–water partition coefficient (Wildman–Crippen LogP) is 4.93. The second-order valence-corrected chi connectivity index (χ2v) is 7.13. The van der Waals surface area contributed by atoms with E-state index < -0.39 is 0 Å². The van der Waals surface area contributed by atoms with E-state index in [4.69, 9.17) is 21.1 Å². The standard InChI is InChI=1S/C19H14ClIN4O2/c1-26-13-4-2-12(3-5-13)11-25-19-17(18(21)24-25)15(8-9-22-19)27-14-6-7-16(20)23-10-14/h2-10H,11H2,1H3. The van der Waals surface area contributed by atoms with Gasteiger partial charge >= 0.3 is 0 Å². The van der Waals surface area contributed by atoms with Crippen molar-refractivity contribution >= 4 is 45.2 Å². The van der Waals surface area contributed by atoms with E-state index in [-0.39, 0.29) is 0 Å². The smallest absolute Gasteiger partial charge is 0.163 e. The van der Waals surface area contributed by atoms with Crippen molar-refractivity contribution in [2.75, 3.05) is 7.11 Å². The van der Waals surface area contributed by atoms with Gasteiger partial charge in [0.25, 0.3) is 0 Å². The van der Waals surface area contributed by atoms with Crippen LogP contribution in [0, 0.1) is 3.70 Å². The Labute approximate surface area is 174 Å². The first-order valence-corrected chi connectivity index (χ1v) is 9.53. The summed E-state index contributed by atoms with van der Waals surface area (Å²) in [6, 6.07) is 13.2. The van der Waals surface area contributed by atoms with Crippen LogP contribution < -0.4 is 9.47 Å². The van der Waals surface area contributed by atoms with Gasteiger partial charge in [-0.15, -0.1) is 0 Å². The maximum absolute atomic E-state index is 5.99. The molecule has 1 aromatic carbocycles. The molecule has 0 atom stereocenters. The molecule has 6 nitrogen and oxygen atoms in total. The van der Waals surface area contributed by atoms with Gasteiger partial charge in [-0.05, 0) is 52.4 Å². The summed E-state index contributed by atoms with van der Waals surface area (Å²) in [5.74, 6) is 2.10. The van der Waals surface area contributed by atoms with Crippen LogP contribution in [0.1, 0.15) is 5.56 Å². The van der Waals surface area contributed by atoms with Crippen molar-refractivity contribution in [2.24, 2.45) is 0 Å². The van der Waals surface area contributed by atoms with E-state index in [1.807, 2.05) is 35.0 Å². The summed E-state index contributed by atoms with van der Waals surface area (Å²) in [6.07, 6.45) is 3.30. The van der Waals surface area contributed by atoms with Gasteiger partial charge in [0.15, 0.2) is 5.65 Å². The Morgan fingerprint density at radius 1 is 1.04 bits per heavy atom. The van der Waals surface area contributed by atoms with E-state index in [0.29, 0.717) is 23.2 Å². The number of methoxy groups -OCH3 is 1. The highest BCUT2D eigenvalue weighted by atomic mass is 127. The second kappa shape index (κ2) is 7.69. The first-order chi connectivity index (χ1) is 13.1. The third-order valence-corrected chi connectivity index (χ3v) is 4.95. The van der Waals surface area contributed by atoms with Crippen LogP contribution in [0.2, 0.25) is 5.15 Å². The number of nitrogens with zero attached hydrogens (tertiary/aromatic N) is 4. The molecule has 0 N–H and O–H groups in total. The highest BCUT2D eigenvalue weighted by Gasteiger charge is 2.16. The van der Waals surface area contributed by atoms with E-state index >= 15 is 0 Å². The van der Waals surface area contributed by atoms with Gasteiger partial charge in [0.1, 0.15) is 26.1 Å². The summed E-state index contributed by atoms with van der Waals surface area (Å²) < 4.78 is 13.9. The Morgan fingerprint density at radius 3 is 2.52 bits per heavy atom. The SMILES string of the molecule is COc1ccc(Cn2nc(I)c3c(Oc4ccc(Cl)nc4)ccnc32)cc1. The highest BCUT2D eigenvalue weighted by molar-refractivity contribution is 14.1. The number of hydrogen-bond acceptors (Lipinski definition) is 5. The van der Waals surface area contributed by atoms with Gasteiger partial charge in [0.05, 0.1) is 25.2 Å². The van der Waals surface area contributed by atoms with Crippen LogP contribution in [0.25, 0.3) is 11.0 Å². The van der Waals surface area contributed by atoms with E-state index in [0.717, 1.165) is 26.0 Å². The number of halogens is 2. The normalized spacial score (nSPS) is 10.9. The molecule has 0 aliphatic heterocycles. The Morgan fingerprint density at radius 2 is 1.81 bits per heavy atom. The lowest BCUT2D eigenvalue weighted by molar-refractivity contribution is 0.414. The molecule has 4 rings (SSSR count). The Hall–Kier alpha value is -2.39. The Kier molecular flexibility index (Phi) is 5.13. The van der Waals surface area contributed by atoms with E-state index in [1.54, 1.807) is 31.6 Å². The lowest BCUT2D eigenvalue weighted by atomic mass is 10.2. The Bertz CT molecular complexity index is 1080. The van der Waals surface area contributed by atoms with Gasteiger partial charge in [-0.1, -0.05) is 23.7 Å². The van der Waals surface area contributed by atoms with Crippen molar-refractivity contribution in [1.82, 2.24) is 19.7 Å². The van der Waals surface area contributed by atoms with Crippen LogP contribution in [0.15, 0.2) is 54.9 Å². The predicted molar refractivity (Wildman–Crippen MR) is 112 cm³/mol. The topological polar surface area (TPSA) is 62.1 Å². The van der Waals surface area contributed by atoms with Gasteiger partial charge < -0.3 is 9.47 Å². The van der Waals surface area contributed by atoms with Crippen molar-refractivity contribution in [2.45, 2.75) is 6.54 Å². The molecular weight excluding hydrogens is 479 g/mol. The number of ether oxygens (including phenoxy) is 2. The van der Waals surface area contributed by atoms with Crippen LogP contribution in [0.5, 0.6) is 17.2 Å². The molecular formula is C19H14ClIN4O2. The van der Waals surface area contributed by atoms with E-state index in [2.05, 4.69) is 37.7 Å². The molecule has 0 bridgehead atoms. The van der Waals surface area contributed by atoms with Crippen molar-refractivity contribution in [3.63, 3.8) is 0 Å². The number of fused-ring (bicyclic) bond motifs is 1. The molecule has 0 radical (unpaired) electrons. The molecule has 3 heterocycles. The fourth-order valence-electron chi connectivity index (χ4n) is 2.68. The summed E-state index contributed by atoms with van der Waals surface area (Å²) >= 11 is 8.03. The molecule has 0 saturated heterocycles. The van der Waals surface area contributed by atoms with E-state index in [1.165, 1.54) is 0 Å². The van der Waals surface area contributed by atoms with Crippen LogP contribution in [-0.2, 0) is 6.54 Å². The molecule has 8 heteroatoms. The lowest BCUT2D eigenvalue weighted by Crippen LogP contribution is -2.02. The van der Waals surface area contributed by atoms with Gasteiger partial charge in [-0.2, -0.15) is 5.10 Å². The van der Waals surface area contributed by atoms with Crippen molar-refractivity contribution in [3.05, 3.63) is 69.3 Å². The summed E-state index contributed by atoms with van der Waals surface area (Å²) in [6.45, 7) is 0.600. The van der Waals surface area contributed by atoms with Crippen molar-refractivity contribution < 1.29 is 9.47 Å². The van der Waals surface area contributed by atoms with Crippen LogP contribution in [0.3, 0.4) is 0 Å². The minimum Gasteiger partial charge on any atom is -0.497 e. The summed E-state index contributed by atoms with van der Waals surface area (Å²) in [7, 11) is 1.65. The van der Waals surface area contributed by atoms with Gasteiger partial charge in [-0.25, -0.2) is 14.6 Å². The average molecular weight is 493 g/mol. The molecule has 27 heavy (non-hydrogen) atoms. The monoisotopic (exact) mass is 492 g/mol. The molecule has 4 aromatic rings. The second-order valence-electron chi connectivity index (χ2n) is 5.72. The molecule has 0 aliphatic carbocycles. The third-order valence-electron chi connectivity index (χ3n) is 3.97. The van der Waals surface area contributed by atoms with Gasteiger partial charge in [0.2, 0.25) is 0 Å². The zero-order valence-corrected chi connectivity index (χ0v) is 17.2. The number of rotatable bonds is 5. The molecule has 136 valence electrons. The van der Waals surface area contributed by atoms with Crippen molar-refractivity contribution in [1.29, 1.82) is 0 Å². The summed E-state index contributed by atoms with van der Waals surface area (Å²) in [5, 5.41) is 5.92. The maximum Gasteiger partial charge on any atom is 0.163 e. The number of benzene rings is 1. The average Bonchev–Trinajstić information content (AvgIpc) is 3.01. The fourth-order valence-corrected chi connectivity index (χ4v) is 3.55. The molecule has 0 saturated carbocycles. The lowest BCUT2D eigenvalue weighted by Gasteiger charge is -2.07. The molecule has 0 fully saturated rings. The summed E-state index contributed by atoms with van der Waals surface area (Å²) in [4.78, 5) is 8.55. The van der Waals surface area contributed by atoms with Gasteiger partial charge in [0, 0.05) is 12.3 Å². The van der Waals surface area contributed by atoms with Crippen LogP contribution in [0.4, 0.5) is 0 Å². The molecule has 3 aromatic heterocycles. The van der Waals surface area contributed by atoms with E-state index in [9.17, 15) is 0 Å². The van der Waals surface area contributed by atoms with Gasteiger partial charge in [-0.3, -0.25) is 0 Å². The molecule has 0 aliphatic rings. The molecule has 0 spiro atoms. The largest absolute Gasteiger partial charge is 0.497 e. The minimum absolute atomic E-state index is 0.420. The maximum atomic E-state index is 5.99. The number of pyridine rings is 2. The first-order valence-electron chi connectivity index (χ1n) is 8.07. The highest BCUT2D eigenvalue weighted by Crippen LogP contribution is 2.32. The third kappa shape index (κ3) is 3.84. The summed E-state index contributed by atoms with van der Waals surface area (Å²) in [5.41, 5.74) is 1.86. The first kappa shape index (κ1) is 18.0. The quantitative estimate of drug-likeness (QED) is 0.292. The van der Waals surface area contributed by atoms with Crippen LogP contribution in [-0.4, -0.2) is 26.9 Å². The number of hydrogen-bond donors (Lipinski definition) is 0. The van der Waals surface area contributed by atoms with Crippen LogP contribution >= 0.6 is 34.2 Å². The van der Waals surface area contributed by atoms with Crippen molar-refractivity contribution in [3.8, 4) is 17.2 Å². The zero-order chi connectivity index (χ0) is 18.8. The Balaban J connectivity index is 1.68. The molecule has 0 unspecified atom stereocenters.